The molecule has 0 bridgehead atoms. The lowest BCUT2D eigenvalue weighted by molar-refractivity contribution is -0.113. The Morgan fingerprint density at radius 3 is 2.88 bits per heavy atom. The van der Waals surface area contributed by atoms with E-state index in [4.69, 9.17) is 22.1 Å². The highest BCUT2D eigenvalue weighted by Crippen LogP contribution is 2.24. The molecule has 0 atom stereocenters. The van der Waals surface area contributed by atoms with E-state index >= 15 is 0 Å². The number of hydrogen-bond donors (Lipinski definition) is 2. The van der Waals surface area contributed by atoms with E-state index in [0.717, 1.165) is 12.8 Å². The van der Waals surface area contributed by atoms with Crippen LogP contribution in [0.2, 0.25) is 5.02 Å². The molecule has 0 saturated heterocycles. The second-order valence-electron chi connectivity index (χ2n) is 4.93. The number of carbonyl (C=O) groups excluding carboxylic acids is 2. The molecule has 0 aliphatic carbocycles. The normalized spacial score (nSPS) is 10.5. The summed E-state index contributed by atoms with van der Waals surface area (Å²) in [5.41, 5.74) is 6.18. The number of nitrogens with one attached hydrogen (secondary N) is 1. The van der Waals surface area contributed by atoms with Gasteiger partial charge in [0.25, 0.3) is 0 Å². The fourth-order valence-electron chi connectivity index (χ4n) is 1.75. The van der Waals surface area contributed by atoms with Crippen LogP contribution in [0.3, 0.4) is 0 Å². The summed E-state index contributed by atoms with van der Waals surface area (Å²) in [5, 5.41) is 10.8. The second kappa shape index (κ2) is 9.59. The Morgan fingerprint density at radius 2 is 2.20 bits per heavy atom. The van der Waals surface area contributed by atoms with Gasteiger partial charge in [-0.15, -0.1) is 10.2 Å². The van der Waals surface area contributed by atoms with Gasteiger partial charge in [0.15, 0.2) is 4.34 Å². The minimum atomic E-state index is -0.506. The van der Waals surface area contributed by atoms with E-state index in [2.05, 4.69) is 15.5 Å². The molecule has 7 nitrogen and oxygen atoms in total. The number of halogens is 1. The highest BCUT2D eigenvalue weighted by atomic mass is 35.5. The van der Waals surface area contributed by atoms with Gasteiger partial charge in [-0.2, -0.15) is 0 Å². The number of thioether (sulfide) groups is 1. The number of nitrogen functional groups attached to an aromatic ring is 1. The van der Waals surface area contributed by atoms with Crippen LogP contribution >= 0.6 is 34.7 Å². The first-order valence-electron chi connectivity index (χ1n) is 7.48. The molecule has 3 N–H and O–H groups in total. The summed E-state index contributed by atoms with van der Waals surface area (Å²) in [7, 11) is 0. The fourth-order valence-corrected chi connectivity index (χ4v) is 3.38. The first-order chi connectivity index (χ1) is 12.0. The first kappa shape index (κ1) is 19.5. The predicted molar refractivity (Wildman–Crippen MR) is 100 cm³/mol. The summed E-state index contributed by atoms with van der Waals surface area (Å²) in [4.78, 5) is 24.1. The zero-order valence-corrected chi connectivity index (χ0v) is 15.8. The summed E-state index contributed by atoms with van der Waals surface area (Å²) >= 11 is 8.49. The summed E-state index contributed by atoms with van der Waals surface area (Å²) in [6, 6.07) is 4.67. The molecule has 1 amide bonds. The number of benzene rings is 1. The number of carbonyl (C=O) groups is 2. The van der Waals surface area contributed by atoms with Gasteiger partial charge in [-0.3, -0.25) is 4.79 Å². The van der Waals surface area contributed by atoms with Crippen molar-refractivity contribution >= 4 is 57.4 Å². The molecule has 0 unspecified atom stereocenters. The largest absolute Gasteiger partial charge is 0.462 e. The Bertz CT molecular complexity index is 754. The van der Waals surface area contributed by atoms with Gasteiger partial charge in [0.2, 0.25) is 11.0 Å². The van der Waals surface area contributed by atoms with Gasteiger partial charge in [0.05, 0.1) is 22.9 Å². The van der Waals surface area contributed by atoms with Crippen LogP contribution in [0.25, 0.3) is 0 Å². The third-order valence-electron chi connectivity index (χ3n) is 2.95. The summed E-state index contributed by atoms with van der Waals surface area (Å²) in [6.07, 6.45) is 1.71. The predicted octanol–water partition coefficient (Wildman–Crippen LogP) is 3.46. The third-order valence-corrected chi connectivity index (χ3v) is 5.17. The van der Waals surface area contributed by atoms with Crippen LogP contribution in [-0.4, -0.2) is 34.4 Å². The maximum Gasteiger partial charge on any atom is 0.339 e. The number of nitrogens with zero attached hydrogens (tertiary/aromatic N) is 2. The lowest BCUT2D eigenvalue weighted by Gasteiger charge is -2.09. The van der Waals surface area contributed by atoms with Crippen LogP contribution in [0.4, 0.5) is 10.8 Å². The zero-order valence-electron chi connectivity index (χ0n) is 13.5. The van der Waals surface area contributed by atoms with E-state index in [1.165, 1.54) is 29.2 Å². The Kier molecular flexibility index (Phi) is 7.48. The summed E-state index contributed by atoms with van der Waals surface area (Å²) in [5.74, 6) is -0.604. The highest BCUT2D eigenvalue weighted by Gasteiger charge is 2.14. The fraction of sp³-hybridized carbons (Fsp3) is 0.333. The van der Waals surface area contributed by atoms with Gasteiger partial charge in [0, 0.05) is 5.69 Å². The number of unbranched alkanes of at least 4 members (excludes halogenated alkanes) is 1. The first-order valence-corrected chi connectivity index (χ1v) is 9.66. The van der Waals surface area contributed by atoms with Crippen molar-refractivity contribution in [1.82, 2.24) is 10.2 Å². The van der Waals surface area contributed by atoms with Crippen LogP contribution in [-0.2, 0) is 9.53 Å². The molecule has 134 valence electrons. The van der Waals surface area contributed by atoms with E-state index < -0.39 is 5.97 Å². The van der Waals surface area contributed by atoms with Crippen molar-refractivity contribution in [2.75, 3.05) is 23.4 Å². The molecule has 2 rings (SSSR count). The molecule has 25 heavy (non-hydrogen) atoms. The van der Waals surface area contributed by atoms with Crippen molar-refractivity contribution in [3.8, 4) is 0 Å². The molecule has 0 fully saturated rings. The Morgan fingerprint density at radius 1 is 1.40 bits per heavy atom. The lowest BCUT2D eigenvalue weighted by atomic mass is 10.2. The molecule has 0 spiro atoms. The molecule has 0 aliphatic heterocycles. The molecule has 2 aromatic rings. The van der Waals surface area contributed by atoms with Gasteiger partial charge in [-0.1, -0.05) is 48.0 Å². The molecule has 1 aromatic carbocycles. The van der Waals surface area contributed by atoms with Crippen molar-refractivity contribution < 1.29 is 14.3 Å². The average Bonchev–Trinajstić information content (AvgIpc) is 3.00. The second-order valence-corrected chi connectivity index (χ2v) is 7.57. The number of amides is 1. The number of nitrogens with two attached hydrogens (primary N) is 1. The van der Waals surface area contributed by atoms with Crippen molar-refractivity contribution in [3.05, 3.63) is 28.8 Å². The van der Waals surface area contributed by atoms with Crippen LogP contribution in [0.5, 0.6) is 0 Å². The Labute approximate surface area is 158 Å². The third kappa shape index (κ3) is 6.18. The number of aromatic nitrogens is 2. The standard InChI is InChI=1S/C15H17ClN4O3S2/c1-2-3-6-23-13(22)10-7-9(4-5-11(10)16)18-12(21)8-24-15-20-19-14(17)25-15/h4-5,7H,2-3,6,8H2,1H3,(H2,17,19)(H,18,21). The molecule has 10 heteroatoms. The van der Waals surface area contributed by atoms with E-state index in [1.54, 1.807) is 12.1 Å². The monoisotopic (exact) mass is 400 g/mol. The van der Waals surface area contributed by atoms with E-state index in [9.17, 15) is 9.59 Å². The van der Waals surface area contributed by atoms with Gasteiger partial charge in [-0.25, -0.2) is 4.79 Å². The highest BCUT2D eigenvalue weighted by molar-refractivity contribution is 8.01. The molecular weight excluding hydrogens is 384 g/mol. The topological polar surface area (TPSA) is 107 Å². The SMILES string of the molecule is CCCCOC(=O)c1cc(NC(=O)CSc2nnc(N)s2)ccc1Cl. The van der Waals surface area contributed by atoms with Crippen molar-refractivity contribution in [2.45, 2.75) is 24.1 Å². The maximum atomic E-state index is 12.0. The van der Waals surface area contributed by atoms with E-state index in [1.807, 2.05) is 6.92 Å². The van der Waals surface area contributed by atoms with E-state index in [-0.39, 0.29) is 22.2 Å². The smallest absolute Gasteiger partial charge is 0.339 e. The summed E-state index contributed by atoms with van der Waals surface area (Å²) < 4.78 is 5.77. The number of ether oxygens (including phenoxy) is 1. The molecule has 0 radical (unpaired) electrons. The molecule has 1 heterocycles. The lowest BCUT2D eigenvalue weighted by Crippen LogP contribution is -2.15. The number of anilines is 2. The summed E-state index contributed by atoms with van der Waals surface area (Å²) in [6.45, 7) is 2.34. The van der Waals surface area contributed by atoms with Gasteiger partial charge >= 0.3 is 5.97 Å². The quantitative estimate of drug-likeness (QED) is 0.397. The number of hydrogen-bond acceptors (Lipinski definition) is 8. The minimum Gasteiger partial charge on any atom is -0.462 e. The van der Waals surface area contributed by atoms with Crippen molar-refractivity contribution in [1.29, 1.82) is 0 Å². The van der Waals surface area contributed by atoms with Gasteiger partial charge in [-0.05, 0) is 24.6 Å². The maximum absolute atomic E-state index is 12.0. The Balaban J connectivity index is 1.93. The average molecular weight is 401 g/mol. The zero-order chi connectivity index (χ0) is 18.2. The number of rotatable bonds is 8. The van der Waals surface area contributed by atoms with Crippen molar-refractivity contribution in [3.63, 3.8) is 0 Å². The van der Waals surface area contributed by atoms with Gasteiger partial charge < -0.3 is 15.8 Å². The molecular formula is C15H17ClN4O3S2. The van der Waals surface area contributed by atoms with E-state index in [0.29, 0.717) is 21.8 Å². The molecule has 1 aromatic heterocycles. The van der Waals surface area contributed by atoms with Crippen LogP contribution in [0, 0.1) is 0 Å². The van der Waals surface area contributed by atoms with Crippen LogP contribution in [0.15, 0.2) is 22.5 Å². The Hall–Kier alpha value is -1.84. The molecule has 0 saturated carbocycles. The molecule has 0 aliphatic rings. The number of esters is 1. The minimum absolute atomic E-state index is 0.146. The van der Waals surface area contributed by atoms with Crippen molar-refractivity contribution in [2.24, 2.45) is 0 Å². The van der Waals surface area contributed by atoms with Crippen LogP contribution in [0.1, 0.15) is 30.1 Å². The van der Waals surface area contributed by atoms with Gasteiger partial charge in [0.1, 0.15) is 0 Å². The van der Waals surface area contributed by atoms with Crippen LogP contribution < -0.4 is 11.1 Å².